The number of ether oxygens (including phenoxy) is 5. The number of aromatic nitrogens is 2. The van der Waals surface area contributed by atoms with Gasteiger partial charge < -0.3 is 23.7 Å². The highest BCUT2D eigenvalue weighted by Crippen LogP contribution is 2.38. The van der Waals surface area contributed by atoms with Gasteiger partial charge in [-0.15, -0.1) is 0 Å². The predicted molar refractivity (Wildman–Crippen MR) is 97.7 cm³/mol. The molecule has 1 aromatic rings. The summed E-state index contributed by atoms with van der Waals surface area (Å²) < 4.78 is 42.7. The van der Waals surface area contributed by atoms with E-state index in [-0.39, 0.29) is 6.61 Å². The molecule has 5 atom stereocenters. The summed E-state index contributed by atoms with van der Waals surface area (Å²) in [4.78, 5) is 27.8. The van der Waals surface area contributed by atoms with Gasteiger partial charge in [0.15, 0.2) is 17.9 Å². The molecule has 3 rings (SSSR count). The van der Waals surface area contributed by atoms with Crippen LogP contribution in [0.2, 0.25) is 0 Å². The first kappa shape index (κ1) is 21.6. The van der Waals surface area contributed by atoms with Gasteiger partial charge >= 0.3 is 11.8 Å². The first-order valence-corrected chi connectivity index (χ1v) is 9.75. The van der Waals surface area contributed by atoms with E-state index in [1.54, 1.807) is 13.8 Å². The van der Waals surface area contributed by atoms with Crippen LogP contribution in [-0.2, 0) is 23.7 Å². The van der Waals surface area contributed by atoms with Crippen molar-refractivity contribution in [3.05, 3.63) is 22.5 Å². The first-order valence-electron chi connectivity index (χ1n) is 9.75. The lowest BCUT2D eigenvalue weighted by atomic mass is 10.1. The van der Waals surface area contributed by atoms with E-state index in [0.717, 1.165) is 23.6 Å². The molecule has 1 N–H and O–H groups in total. The topological polar surface area (TPSA) is 110 Å². The minimum absolute atomic E-state index is 0.202. The molecule has 29 heavy (non-hydrogen) atoms. The molecule has 0 bridgehead atoms. The molecule has 0 aromatic carbocycles. The fraction of sp³-hybridized carbons (Fsp3) is 0.722. The lowest BCUT2D eigenvalue weighted by molar-refractivity contribution is -0.264. The van der Waals surface area contributed by atoms with Gasteiger partial charge in [0.2, 0.25) is 0 Å². The number of nitrogens with one attached hydrogen (secondary N) is 1. The normalized spacial score (nSPS) is 28.3. The average molecular weight is 415 g/mol. The number of nitrogens with zero attached hydrogens (tertiary/aromatic N) is 2. The number of amides is 1. The van der Waals surface area contributed by atoms with Crippen LogP contribution in [0.4, 0.5) is 15.0 Å². The Balaban J connectivity index is 1.69. The van der Waals surface area contributed by atoms with Gasteiger partial charge in [0, 0.05) is 6.61 Å². The number of halogens is 1. The third-order valence-electron chi connectivity index (χ3n) is 4.64. The molecule has 2 saturated heterocycles. The van der Waals surface area contributed by atoms with Gasteiger partial charge in [-0.3, -0.25) is 9.88 Å². The highest BCUT2D eigenvalue weighted by atomic mass is 19.1. The molecule has 1 aromatic heterocycles. The molecule has 10 nitrogen and oxygen atoms in total. The van der Waals surface area contributed by atoms with Crippen molar-refractivity contribution in [3.8, 4) is 0 Å². The van der Waals surface area contributed by atoms with E-state index >= 15 is 0 Å². The zero-order valence-electron chi connectivity index (χ0n) is 16.6. The minimum atomic E-state index is -0.940. The summed E-state index contributed by atoms with van der Waals surface area (Å²) in [7, 11) is 0. The second-order valence-corrected chi connectivity index (χ2v) is 6.77. The van der Waals surface area contributed by atoms with Gasteiger partial charge in [0.25, 0.3) is 6.48 Å². The summed E-state index contributed by atoms with van der Waals surface area (Å²) in [6.45, 7) is 5.28. The maximum absolute atomic E-state index is 14.5. The molecule has 0 aliphatic carbocycles. The maximum atomic E-state index is 14.5. The molecule has 0 spiro atoms. The fourth-order valence-corrected chi connectivity index (χ4v) is 3.23. The van der Waals surface area contributed by atoms with Crippen molar-refractivity contribution in [2.75, 3.05) is 18.5 Å². The van der Waals surface area contributed by atoms with E-state index in [2.05, 4.69) is 10.3 Å². The second-order valence-electron chi connectivity index (χ2n) is 6.77. The van der Waals surface area contributed by atoms with Crippen LogP contribution < -0.4 is 11.0 Å². The Morgan fingerprint density at radius 1 is 1.28 bits per heavy atom. The van der Waals surface area contributed by atoms with Gasteiger partial charge in [-0.05, 0) is 20.3 Å². The van der Waals surface area contributed by atoms with Crippen LogP contribution in [0, 0.1) is 5.82 Å². The first-order chi connectivity index (χ1) is 13.9. The zero-order chi connectivity index (χ0) is 21.0. The van der Waals surface area contributed by atoms with E-state index < -0.39 is 54.4 Å². The van der Waals surface area contributed by atoms with Gasteiger partial charge in [-0.1, -0.05) is 19.8 Å². The van der Waals surface area contributed by atoms with E-state index in [1.165, 1.54) is 0 Å². The Bertz CT molecular complexity index is 774. The highest BCUT2D eigenvalue weighted by Gasteiger charge is 2.52. The summed E-state index contributed by atoms with van der Waals surface area (Å²) in [5, 5.41) is 2.15. The Kier molecular flexibility index (Phi) is 7.17. The summed E-state index contributed by atoms with van der Waals surface area (Å²) >= 11 is 0. The molecule has 2 aliphatic rings. The van der Waals surface area contributed by atoms with Crippen molar-refractivity contribution >= 4 is 11.9 Å². The third-order valence-corrected chi connectivity index (χ3v) is 4.64. The van der Waals surface area contributed by atoms with Crippen LogP contribution in [0.1, 0.15) is 46.3 Å². The largest absolute Gasteiger partial charge is 0.449 e. The number of anilines is 1. The third kappa shape index (κ3) is 4.92. The molecule has 11 heteroatoms. The van der Waals surface area contributed by atoms with Crippen LogP contribution in [-0.4, -0.2) is 53.6 Å². The Morgan fingerprint density at radius 2 is 2.03 bits per heavy atom. The van der Waals surface area contributed by atoms with Gasteiger partial charge in [-0.25, -0.2) is 14.0 Å². The van der Waals surface area contributed by atoms with Gasteiger partial charge in [0.1, 0.15) is 12.2 Å². The average Bonchev–Trinajstić information content (AvgIpc) is 3.22. The molecule has 3 heterocycles. The van der Waals surface area contributed by atoms with Gasteiger partial charge in [0.05, 0.1) is 18.9 Å². The molecule has 0 radical (unpaired) electrons. The monoisotopic (exact) mass is 415 g/mol. The molecular weight excluding hydrogens is 389 g/mol. The molecule has 2 aliphatic heterocycles. The zero-order valence-corrected chi connectivity index (χ0v) is 16.6. The molecule has 1 amide bonds. The van der Waals surface area contributed by atoms with E-state index in [1.807, 2.05) is 6.92 Å². The number of fused-ring (bicyclic) bond motifs is 1. The number of hydrogen-bond donors (Lipinski definition) is 1. The highest BCUT2D eigenvalue weighted by molar-refractivity contribution is 5.83. The number of hydrogen-bond acceptors (Lipinski definition) is 8. The lowest BCUT2D eigenvalue weighted by Gasteiger charge is -2.20. The van der Waals surface area contributed by atoms with Crippen molar-refractivity contribution < 1.29 is 32.9 Å². The summed E-state index contributed by atoms with van der Waals surface area (Å²) in [6, 6.07) is 0. The number of rotatable bonds is 8. The predicted octanol–water partition coefficient (Wildman–Crippen LogP) is 2.14. The Hall–Kier alpha value is -2.08. The molecule has 162 valence electrons. The van der Waals surface area contributed by atoms with Crippen molar-refractivity contribution in [3.63, 3.8) is 0 Å². The summed E-state index contributed by atoms with van der Waals surface area (Å²) in [5.74, 6) is -1.42. The Labute approximate surface area is 167 Å². The van der Waals surface area contributed by atoms with Crippen LogP contribution >= 0.6 is 0 Å². The smallest absolute Gasteiger partial charge is 0.412 e. The van der Waals surface area contributed by atoms with E-state index in [4.69, 9.17) is 23.7 Å². The number of carbonyl (C=O) groups excluding carboxylic acids is 1. The Morgan fingerprint density at radius 3 is 2.76 bits per heavy atom. The quantitative estimate of drug-likeness (QED) is 0.643. The van der Waals surface area contributed by atoms with Crippen molar-refractivity contribution in [2.24, 2.45) is 0 Å². The van der Waals surface area contributed by atoms with Crippen molar-refractivity contribution in [1.29, 1.82) is 0 Å². The van der Waals surface area contributed by atoms with E-state index in [0.29, 0.717) is 13.0 Å². The van der Waals surface area contributed by atoms with Crippen LogP contribution in [0.3, 0.4) is 0 Å². The standard InChI is InChI=1S/C18H26FN3O7/c1-4-6-7-8-26-17(24)21-14-11(19)9-22(16(23)20-14)15-13-12(10(3)27-15)28-18(29-13)25-5-2/h9-10,12-13,15,18H,4-8H2,1-3H3,(H,20,21,23,24)/t10-,12-,13-,15-,18?/m1/s1. The van der Waals surface area contributed by atoms with Crippen molar-refractivity contribution in [1.82, 2.24) is 9.55 Å². The number of carbonyl (C=O) groups is 1. The number of unbranched alkanes of at least 4 members (excludes halogenated alkanes) is 2. The minimum Gasteiger partial charge on any atom is -0.449 e. The second kappa shape index (κ2) is 9.61. The molecular formula is C18H26FN3O7. The van der Waals surface area contributed by atoms with E-state index in [9.17, 15) is 14.0 Å². The maximum Gasteiger partial charge on any atom is 0.412 e. The summed E-state index contributed by atoms with van der Waals surface area (Å²) in [6.07, 6.45) is 0.154. The lowest BCUT2D eigenvalue weighted by Crippen LogP contribution is -2.35. The SMILES string of the molecule is CCCCCOC(=O)Nc1nc(=O)n([C@@H]2O[C@H](C)[C@H]3OC(OCC)O[C@H]32)cc1F. The summed E-state index contributed by atoms with van der Waals surface area (Å²) in [5.41, 5.74) is -0.811. The van der Waals surface area contributed by atoms with Crippen LogP contribution in [0.25, 0.3) is 0 Å². The molecule has 2 fully saturated rings. The fourth-order valence-electron chi connectivity index (χ4n) is 3.23. The molecule has 1 unspecified atom stereocenters. The van der Waals surface area contributed by atoms with Crippen molar-refractivity contribution in [2.45, 2.75) is 71.0 Å². The van der Waals surface area contributed by atoms with Crippen LogP contribution in [0.5, 0.6) is 0 Å². The molecule has 0 saturated carbocycles. The van der Waals surface area contributed by atoms with Gasteiger partial charge in [-0.2, -0.15) is 4.98 Å². The van der Waals surface area contributed by atoms with Crippen LogP contribution in [0.15, 0.2) is 11.0 Å².